The first kappa shape index (κ1) is 27.8. The van der Waals surface area contributed by atoms with Gasteiger partial charge in [0.15, 0.2) is 0 Å². The third-order valence-corrected chi connectivity index (χ3v) is 9.83. The number of amides is 2. The molecule has 3 fully saturated rings. The van der Waals surface area contributed by atoms with E-state index in [1.54, 1.807) is 33.7 Å². The molecule has 0 aliphatic carbocycles. The zero-order valence-corrected chi connectivity index (χ0v) is 22.7. The molecular formula is C27H42N2O5S. The minimum absolute atomic E-state index is 0.0792. The number of nitrogens with zero attached hydrogens (tertiary/aromatic N) is 2. The van der Waals surface area contributed by atoms with Gasteiger partial charge in [-0.3, -0.25) is 14.4 Å². The van der Waals surface area contributed by atoms with Crippen molar-refractivity contribution in [2.45, 2.75) is 87.9 Å². The van der Waals surface area contributed by atoms with Crippen molar-refractivity contribution in [3.63, 3.8) is 0 Å². The molecule has 6 atom stereocenters. The standard InChI is InChI=1S/C27H42N2O5S/c1-8-10-14-34-25(33)21-20-23(31)29(19(16-30)15-17(3)4)22(24(32)28(13-9-2)18(5)6)27(20)12-11-26(21,7)35-27/h8-9,17-22,30H,1-2,10-16H2,3-7H3/t19-,20+,21+,22?,26-,27?/m1/s1. The Balaban J connectivity index is 2.10. The molecule has 0 saturated carbocycles. The summed E-state index contributed by atoms with van der Waals surface area (Å²) in [7, 11) is 0. The van der Waals surface area contributed by atoms with Crippen molar-refractivity contribution in [3.8, 4) is 0 Å². The average Bonchev–Trinajstić information content (AvgIpc) is 3.36. The molecular weight excluding hydrogens is 464 g/mol. The molecule has 2 bridgehead atoms. The van der Waals surface area contributed by atoms with Crippen molar-refractivity contribution in [2.24, 2.45) is 17.8 Å². The Labute approximate surface area is 214 Å². The summed E-state index contributed by atoms with van der Waals surface area (Å²) in [6, 6.07) is -1.31. The van der Waals surface area contributed by atoms with Gasteiger partial charge >= 0.3 is 5.97 Å². The molecule has 1 N–H and O–H groups in total. The molecule has 1 spiro atoms. The number of esters is 1. The van der Waals surface area contributed by atoms with Crippen LogP contribution in [0.4, 0.5) is 0 Å². The fourth-order valence-electron chi connectivity index (χ4n) is 6.40. The van der Waals surface area contributed by atoms with E-state index in [4.69, 9.17) is 4.74 Å². The molecule has 3 aliphatic heterocycles. The van der Waals surface area contributed by atoms with E-state index in [-0.39, 0.29) is 43.0 Å². The van der Waals surface area contributed by atoms with E-state index in [9.17, 15) is 19.5 Å². The second-order valence-electron chi connectivity index (χ2n) is 11.1. The number of fused-ring (bicyclic) bond motifs is 1. The molecule has 0 radical (unpaired) electrons. The van der Waals surface area contributed by atoms with Gasteiger partial charge in [0, 0.05) is 17.3 Å². The zero-order valence-electron chi connectivity index (χ0n) is 21.9. The second-order valence-corrected chi connectivity index (χ2v) is 13.0. The molecule has 3 aliphatic rings. The predicted octanol–water partition coefficient (Wildman–Crippen LogP) is 3.42. The summed E-state index contributed by atoms with van der Waals surface area (Å²) in [6.45, 7) is 17.9. The van der Waals surface area contributed by atoms with Gasteiger partial charge < -0.3 is 19.6 Å². The topological polar surface area (TPSA) is 87.1 Å². The molecule has 35 heavy (non-hydrogen) atoms. The van der Waals surface area contributed by atoms with Crippen LogP contribution in [-0.2, 0) is 19.1 Å². The normalized spacial score (nSPS) is 32.2. The van der Waals surface area contributed by atoms with E-state index in [1.165, 1.54) is 0 Å². The highest BCUT2D eigenvalue weighted by Gasteiger charge is 2.78. The number of ether oxygens (including phenoxy) is 1. The van der Waals surface area contributed by atoms with Crippen molar-refractivity contribution < 1.29 is 24.2 Å². The Morgan fingerprint density at radius 3 is 2.49 bits per heavy atom. The molecule has 3 rings (SSSR count). The van der Waals surface area contributed by atoms with Crippen molar-refractivity contribution in [3.05, 3.63) is 25.3 Å². The third-order valence-electron chi connectivity index (χ3n) is 7.85. The molecule has 0 aromatic carbocycles. The van der Waals surface area contributed by atoms with Crippen LogP contribution in [0.15, 0.2) is 25.3 Å². The first-order valence-corrected chi connectivity index (χ1v) is 13.6. The van der Waals surface area contributed by atoms with E-state index >= 15 is 0 Å². The van der Waals surface area contributed by atoms with Crippen molar-refractivity contribution in [1.82, 2.24) is 9.80 Å². The van der Waals surface area contributed by atoms with Gasteiger partial charge in [0.1, 0.15) is 6.04 Å². The number of aliphatic hydroxyl groups excluding tert-OH is 1. The molecule has 0 aromatic rings. The average molecular weight is 507 g/mol. The monoisotopic (exact) mass is 506 g/mol. The van der Waals surface area contributed by atoms with Gasteiger partial charge in [0.2, 0.25) is 11.8 Å². The van der Waals surface area contributed by atoms with E-state index in [0.29, 0.717) is 25.8 Å². The number of carbonyl (C=O) groups is 3. The summed E-state index contributed by atoms with van der Waals surface area (Å²) in [6.07, 6.45) is 5.93. The summed E-state index contributed by atoms with van der Waals surface area (Å²) in [4.78, 5) is 45.2. The number of thioether (sulfide) groups is 1. The maximum absolute atomic E-state index is 14.2. The van der Waals surface area contributed by atoms with Crippen LogP contribution in [-0.4, -0.2) is 80.1 Å². The smallest absolute Gasteiger partial charge is 0.311 e. The summed E-state index contributed by atoms with van der Waals surface area (Å²) in [5.74, 6) is -1.74. The lowest BCUT2D eigenvalue weighted by Gasteiger charge is -2.41. The number of aliphatic hydroxyl groups is 1. The van der Waals surface area contributed by atoms with Gasteiger partial charge in [0.25, 0.3) is 0 Å². The highest BCUT2D eigenvalue weighted by atomic mass is 32.2. The van der Waals surface area contributed by atoms with Crippen molar-refractivity contribution in [1.29, 1.82) is 0 Å². The number of likely N-dealkylation sites (tertiary alicyclic amines) is 1. The van der Waals surface area contributed by atoms with Crippen LogP contribution >= 0.6 is 11.8 Å². The SMILES string of the molecule is C=CCCOC(=O)[C@@H]1[C@H]2C(=O)N([C@@H](CO)CC(C)C)C(C(=O)N(CC=C)C(C)C)C23CC[C@@]1(C)S3. The molecule has 8 heteroatoms. The fourth-order valence-corrected chi connectivity index (χ4v) is 8.72. The summed E-state index contributed by atoms with van der Waals surface area (Å²) < 4.78 is 4.41. The maximum atomic E-state index is 14.2. The van der Waals surface area contributed by atoms with Crippen LogP contribution in [0.1, 0.15) is 60.3 Å². The van der Waals surface area contributed by atoms with Gasteiger partial charge in [-0.1, -0.05) is 26.0 Å². The lowest BCUT2D eigenvalue weighted by Crippen LogP contribution is -2.58. The molecule has 2 unspecified atom stereocenters. The van der Waals surface area contributed by atoms with Gasteiger partial charge in [-0.2, -0.15) is 0 Å². The van der Waals surface area contributed by atoms with Gasteiger partial charge in [-0.15, -0.1) is 24.9 Å². The Bertz CT molecular complexity index is 861. The Morgan fingerprint density at radius 1 is 1.26 bits per heavy atom. The predicted molar refractivity (Wildman–Crippen MR) is 139 cm³/mol. The van der Waals surface area contributed by atoms with Gasteiger partial charge in [-0.25, -0.2) is 0 Å². The maximum Gasteiger partial charge on any atom is 0.311 e. The quantitative estimate of drug-likeness (QED) is 0.248. The van der Waals surface area contributed by atoms with Crippen LogP contribution in [0.25, 0.3) is 0 Å². The third kappa shape index (κ3) is 4.68. The summed E-state index contributed by atoms with van der Waals surface area (Å²) in [5, 5.41) is 10.4. The molecule has 3 heterocycles. The molecule has 2 amide bonds. The number of hydrogen-bond donors (Lipinski definition) is 1. The van der Waals surface area contributed by atoms with Crippen LogP contribution in [0.2, 0.25) is 0 Å². The van der Waals surface area contributed by atoms with Crippen molar-refractivity contribution >= 4 is 29.5 Å². The van der Waals surface area contributed by atoms with Gasteiger partial charge in [-0.05, 0) is 52.4 Å². The van der Waals surface area contributed by atoms with Gasteiger partial charge in [0.05, 0.1) is 35.8 Å². The second kappa shape index (κ2) is 10.7. The fraction of sp³-hybridized carbons (Fsp3) is 0.741. The zero-order chi connectivity index (χ0) is 26.1. The van der Waals surface area contributed by atoms with E-state index in [1.807, 2.05) is 34.6 Å². The summed E-state index contributed by atoms with van der Waals surface area (Å²) >= 11 is 1.63. The van der Waals surface area contributed by atoms with E-state index in [0.717, 1.165) is 6.42 Å². The Hall–Kier alpha value is -1.80. The number of carbonyl (C=O) groups excluding carboxylic acids is 3. The van der Waals surface area contributed by atoms with Crippen LogP contribution in [0.5, 0.6) is 0 Å². The van der Waals surface area contributed by atoms with Crippen LogP contribution in [0, 0.1) is 17.8 Å². The molecule has 3 saturated heterocycles. The number of rotatable bonds is 12. The highest BCUT2D eigenvalue weighted by Crippen LogP contribution is 2.71. The summed E-state index contributed by atoms with van der Waals surface area (Å²) in [5.41, 5.74) is 0. The molecule has 7 nitrogen and oxygen atoms in total. The molecule has 196 valence electrons. The molecule has 0 aromatic heterocycles. The largest absolute Gasteiger partial charge is 0.465 e. The van der Waals surface area contributed by atoms with Crippen LogP contribution < -0.4 is 0 Å². The minimum Gasteiger partial charge on any atom is -0.465 e. The van der Waals surface area contributed by atoms with E-state index in [2.05, 4.69) is 13.2 Å². The Kier molecular flexibility index (Phi) is 8.47. The first-order valence-electron chi connectivity index (χ1n) is 12.8. The van der Waals surface area contributed by atoms with Crippen LogP contribution in [0.3, 0.4) is 0 Å². The van der Waals surface area contributed by atoms with Crippen molar-refractivity contribution in [2.75, 3.05) is 19.8 Å². The number of hydrogen-bond acceptors (Lipinski definition) is 6. The lowest BCUT2D eigenvalue weighted by atomic mass is 9.66. The first-order chi connectivity index (χ1) is 16.5. The Morgan fingerprint density at radius 2 is 1.94 bits per heavy atom. The lowest BCUT2D eigenvalue weighted by molar-refractivity contribution is -0.156. The minimum atomic E-state index is -0.740. The van der Waals surface area contributed by atoms with E-state index < -0.39 is 33.4 Å². The highest BCUT2D eigenvalue weighted by molar-refractivity contribution is 8.02.